The molecule has 2 aromatic rings. The van der Waals surface area contributed by atoms with Crippen LogP contribution < -0.4 is 10.1 Å². The van der Waals surface area contributed by atoms with E-state index in [9.17, 15) is 4.79 Å². The van der Waals surface area contributed by atoms with Crippen molar-refractivity contribution in [3.8, 4) is 5.75 Å². The Bertz CT molecular complexity index is 599. The standard InChI is InChI=1S/C17H18BrNO2/c1-13-9-10-16(15(18)12-13)21-11-5-8-17(20)19-14-6-3-2-4-7-14/h2-4,6-7,9-10,12H,5,8,11H2,1H3,(H,19,20). The van der Waals surface area contributed by atoms with E-state index in [4.69, 9.17) is 4.74 Å². The summed E-state index contributed by atoms with van der Waals surface area (Å²) in [4.78, 5) is 11.8. The lowest BCUT2D eigenvalue weighted by Gasteiger charge is -2.09. The van der Waals surface area contributed by atoms with Crippen LogP contribution in [0.5, 0.6) is 5.75 Å². The minimum absolute atomic E-state index is 0.00720. The molecule has 0 radical (unpaired) electrons. The number of hydrogen-bond acceptors (Lipinski definition) is 2. The monoisotopic (exact) mass is 347 g/mol. The summed E-state index contributed by atoms with van der Waals surface area (Å²) >= 11 is 3.47. The van der Waals surface area contributed by atoms with Crippen LogP contribution in [0.3, 0.4) is 0 Å². The minimum Gasteiger partial charge on any atom is -0.492 e. The van der Waals surface area contributed by atoms with E-state index >= 15 is 0 Å². The molecule has 0 bridgehead atoms. The van der Waals surface area contributed by atoms with Gasteiger partial charge in [0.05, 0.1) is 11.1 Å². The lowest BCUT2D eigenvalue weighted by Crippen LogP contribution is -2.12. The van der Waals surface area contributed by atoms with E-state index in [1.807, 2.05) is 55.5 Å². The first-order valence-electron chi connectivity index (χ1n) is 6.89. The predicted molar refractivity (Wildman–Crippen MR) is 88.7 cm³/mol. The van der Waals surface area contributed by atoms with Crippen molar-refractivity contribution in [3.05, 3.63) is 58.6 Å². The van der Waals surface area contributed by atoms with Gasteiger partial charge in [-0.3, -0.25) is 4.79 Å². The average Bonchev–Trinajstić information content (AvgIpc) is 2.46. The molecule has 110 valence electrons. The first-order chi connectivity index (χ1) is 10.1. The number of rotatable bonds is 6. The summed E-state index contributed by atoms with van der Waals surface area (Å²) in [5.41, 5.74) is 2.00. The van der Waals surface area contributed by atoms with Gasteiger partial charge < -0.3 is 10.1 Å². The van der Waals surface area contributed by atoms with Crippen LogP contribution in [-0.2, 0) is 4.79 Å². The SMILES string of the molecule is Cc1ccc(OCCCC(=O)Nc2ccccc2)c(Br)c1. The molecule has 21 heavy (non-hydrogen) atoms. The molecule has 0 aromatic heterocycles. The zero-order valence-corrected chi connectivity index (χ0v) is 13.5. The lowest BCUT2D eigenvalue weighted by atomic mass is 10.2. The second kappa shape index (κ2) is 7.84. The highest BCUT2D eigenvalue weighted by atomic mass is 79.9. The predicted octanol–water partition coefficient (Wildman–Crippen LogP) is 4.56. The molecule has 3 nitrogen and oxygen atoms in total. The van der Waals surface area contributed by atoms with Gasteiger partial charge in [-0.2, -0.15) is 0 Å². The van der Waals surface area contributed by atoms with Gasteiger partial charge in [0.25, 0.3) is 0 Å². The number of nitrogens with one attached hydrogen (secondary N) is 1. The lowest BCUT2D eigenvalue weighted by molar-refractivity contribution is -0.116. The van der Waals surface area contributed by atoms with Crippen LogP contribution in [0.1, 0.15) is 18.4 Å². The largest absolute Gasteiger partial charge is 0.492 e. The van der Waals surface area contributed by atoms with Crippen molar-refractivity contribution in [3.63, 3.8) is 0 Å². The van der Waals surface area contributed by atoms with E-state index in [1.165, 1.54) is 5.56 Å². The van der Waals surface area contributed by atoms with Crippen LogP contribution in [0, 0.1) is 6.92 Å². The molecule has 0 atom stereocenters. The third-order valence-electron chi connectivity index (χ3n) is 2.95. The fraction of sp³-hybridized carbons (Fsp3) is 0.235. The van der Waals surface area contributed by atoms with Crippen LogP contribution in [0.25, 0.3) is 0 Å². The number of carbonyl (C=O) groups excluding carboxylic acids is 1. The molecule has 2 rings (SSSR count). The number of aryl methyl sites for hydroxylation is 1. The summed E-state index contributed by atoms with van der Waals surface area (Å²) in [5.74, 6) is 0.817. The maximum atomic E-state index is 11.8. The summed E-state index contributed by atoms with van der Waals surface area (Å²) in [6.07, 6.45) is 1.12. The first-order valence-corrected chi connectivity index (χ1v) is 7.68. The Balaban J connectivity index is 1.71. The van der Waals surface area contributed by atoms with E-state index in [2.05, 4.69) is 21.2 Å². The number of carbonyl (C=O) groups is 1. The number of hydrogen-bond donors (Lipinski definition) is 1. The minimum atomic E-state index is 0.00720. The molecule has 0 aliphatic rings. The second-order valence-corrected chi connectivity index (χ2v) is 5.65. The van der Waals surface area contributed by atoms with Gasteiger partial charge in [0.1, 0.15) is 5.75 Å². The normalized spacial score (nSPS) is 10.2. The van der Waals surface area contributed by atoms with Crippen molar-refractivity contribution in [2.75, 3.05) is 11.9 Å². The van der Waals surface area contributed by atoms with Crippen molar-refractivity contribution in [1.82, 2.24) is 0 Å². The molecule has 0 heterocycles. The van der Waals surface area contributed by atoms with Gasteiger partial charge in [0.15, 0.2) is 0 Å². The number of anilines is 1. The fourth-order valence-electron chi connectivity index (χ4n) is 1.88. The Labute approximate surface area is 133 Å². The van der Waals surface area contributed by atoms with Crippen molar-refractivity contribution < 1.29 is 9.53 Å². The van der Waals surface area contributed by atoms with Gasteiger partial charge >= 0.3 is 0 Å². The Morgan fingerprint density at radius 2 is 1.95 bits per heavy atom. The quantitative estimate of drug-likeness (QED) is 0.778. The van der Waals surface area contributed by atoms with Crippen molar-refractivity contribution in [1.29, 1.82) is 0 Å². The highest BCUT2D eigenvalue weighted by molar-refractivity contribution is 9.10. The third kappa shape index (κ3) is 5.23. The molecule has 0 fully saturated rings. The van der Waals surface area contributed by atoms with Crippen LogP contribution in [0.15, 0.2) is 53.0 Å². The highest BCUT2D eigenvalue weighted by Gasteiger charge is 2.04. The number of benzene rings is 2. The van der Waals surface area contributed by atoms with Crippen molar-refractivity contribution in [2.45, 2.75) is 19.8 Å². The Hall–Kier alpha value is -1.81. The highest BCUT2D eigenvalue weighted by Crippen LogP contribution is 2.25. The Morgan fingerprint density at radius 3 is 2.67 bits per heavy atom. The zero-order chi connectivity index (χ0) is 15.1. The number of ether oxygens (including phenoxy) is 1. The van der Waals surface area contributed by atoms with Gasteiger partial charge in [0.2, 0.25) is 5.91 Å². The van der Waals surface area contributed by atoms with Gasteiger partial charge in [-0.25, -0.2) is 0 Å². The molecule has 1 N–H and O–H groups in total. The molecule has 4 heteroatoms. The summed E-state index contributed by atoms with van der Waals surface area (Å²) in [5, 5.41) is 2.86. The van der Waals surface area contributed by atoms with Crippen molar-refractivity contribution >= 4 is 27.5 Å². The smallest absolute Gasteiger partial charge is 0.224 e. The molecule has 0 saturated carbocycles. The molecule has 0 unspecified atom stereocenters. The molecule has 1 amide bonds. The number of amides is 1. The van der Waals surface area contributed by atoms with Crippen LogP contribution in [0.4, 0.5) is 5.69 Å². The molecule has 0 aliphatic carbocycles. The first kappa shape index (κ1) is 15.6. The van der Waals surface area contributed by atoms with Crippen molar-refractivity contribution in [2.24, 2.45) is 0 Å². The summed E-state index contributed by atoms with van der Waals surface area (Å²) in [7, 11) is 0. The Morgan fingerprint density at radius 1 is 1.19 bits per heavy atom. The number of halogens is 1. The summed E-state index contributed by atoms with van der Waals surface area (Å²) < 4.78 is 6.61. The van der Waals surface area contributed by atoms with Gasteiger partial charge in [-0.1, -0.05) is 24.3 Å². The average molecular weight is 348 g/mol. The maximum Gasteiger partial charge on any atom is 0.224 e. The van der Waals surface area contributed by atoms with Gasteiger partial charge in [-0.05, 0) is 59.1 Å². The van der Waals surface area contributed by atoms with Crippen LogP contribution in [-0.4, -0.2) is 12.5 Å². The molecule has 0 saturated heterocycles. The maximum absolute atomic E-state index is 11.8. The summed E-state index contributed by atoms with van der Waals surface area (Å²) in [6, 6.07) is 15.4. The Kier molecular flexibility index (Phi) is 5.81. The van der Waals surface area contributed by atoms with E-state index < -0.39 is 0 Å². The molecule has 0 spiro atoms. The summed E-state index contributed by atoms with van der Waals surface area (Å²) in [6.45, 7) is 2.55. The molecular formula is C17H18BrNO2. The van der Waals surface area contributed by atoms with Crippen LogP contribution >= 0.6 is 15.9 Å². The molecular weight excluding hydrogens is 330 g/mol. The van der Waals surface area contributed by atoms with Gasteiger partial charge in [0, 0.05) is 12.1 Å². The van der Waals surface area contributed by atoms with E-state index in [0.717, 1.165) is 15.9 Å². The third-order valence-corrected chi connectivity index (χ3v) is 3.57. The molecule has 0 aliphatic heterocycles. The van der Waals surface area contributed by atoms with Crippen LogP contribution in [0.2, 0.25) is 0 Å². The molecule has 2 aromatic carbocycles. The fourth-order valence-corrected chi connectivity index (χ4v) is 2.49. The topological polar surface area (TPSA) is 38.3 Å². The van der Waals surface area contributed by atoms with E-state index in [1.54, 1.807) is 0 Å². The zero-order valence-electron chi connectivity index (χ0n) is 11.9. The van der Waals surface area contributed by atoms with Gasteiger partial charge in [-0.15, -0.1) is 0 Å². The number of para-hydroxylation sites is 1. The van der Waals surface area contributed by atoms with E-state index in [0.29, 0.717) is 19.4 Å². The van der Waals surface area contributed by atoms with E-state index in [-0.39, 0.29) is 5.91 Å². The second-order valence-electron chi connectivity index (χ2n) is 4.80.